The second-order valence-corrected chi connectivity index (χ2v) is 3.90. The Bertz CT molecular complexity index is 184. The smallest absolute Gasteiger partial charge is 0.234 e. The maximum absolute atomic E-state index is 11.0. The van der Waals surface area contributed by atoms with Gasteiger partial charge in [-0.05, 0) is 31.8 Å². The summed E-state index contributed by atoms with van der Waals surface area (Å²) in [4.78, 5) is 13.2. The highest BCUT2D eigenvalue weighted by Crippen LogP contribution is 2.17. The fraction of sp³-hybridized carbons (Fsp3) is 0.889. The highest BCUT2D eigenvalue weighted by Gasteiger charge is 2.29. The summed E-state index contributed by atoms with van der Waals surface area (Å²) >= 11 is 0. The van der Waals surface area contributed by atoms with Crippen LogP contribution in [0.1, 0.15) is 19.8 Å². The SMILES string of the molecule is CC(CN)CN1CCCC1C(N)=O. The third kappa shape index (κ3) is 2.67. The van der Waals surface area contributed by atoms with Crippen molar-refractivity contribution in [2.75, 3.05) is 19.6 Å². The summed E-state index contributed by atoms with van der Waals surface area (Å²) in [6.07, 6.45) is 1.98. The molecule has 1 heterocycles. The number of carbonyl (C=O) groups excluding carboxylic acids is 1. The number of likely N-dealkylation sites (tertiary alicyclic amines) is 1. The molecule has 0 saturated carbocycles. The molecule has 1 saturated heterocycles. The maximum Gasteiger partial charge on any atom is 0.234 e. The summed E-state index contributed by atoms with van der Waals surface area (Å²) in [5, 5.41) is 0. The zero-order chi connectivity index (χ0) is 9.84. The molecule has 0 aromatic carbocycles. The topological polar surface area (TPSA) is 72.3 Å². The van der Waals surface area contributed by atoms with E-state index in [4.69, 9.17) is 11.5 Å². The van der Waals surface area contributed by atoms with Gasteiger partial charge in [0, 0.05) is 6.54 Å². The molecule has 0 aromatic rings. The molecule has 1 aliphatic rings. The molecule has 0 aliphatic carbocycles. The molecule has 1 amide bonds. The first-order valence-corrected chi connectivity index (χ1v) is 4.88. The molecule has 76 valence electrons. The van der Waals surface area contributed by atoms with Gasteiger partial charge in [0.05, 0.1) is 6.04 Å². The van der Waals surface area contributed by atoms with Crippen LogP contribution in [-0.4, -0.2) is 36.5 Å². The molecule has 1 aliphatic heterocycles. The van der Waals surface area contributed by atoms with E-state index in [0.717, 1.165) is 25.9 Å². The van der Waals surface area contributed by atoms with Gasteiger partial charge in [0.1, 0.15) is 0 Å². The fourth-order valence-electron chi connectivity index (χ4n) is 1.84. The summed E-state index contributed by atoms with van der Waals surface area (Å²) in [6, 6.07) is -0.0472. The first-order chi connectivity index (χ1) is 6.15. The molecule has 13 heavy (non-hydrogen) atoms. The first-order valence-electron chi connectivity index (χ1n) is 4.88. The minimum absolute atomic E-state index is 0.0472. The highest BCUT2D eigenvalue weighted by molar-refractivity contribution is 5.80. The Balaban J connectivity index is 2.44. The Morgan fingerprint density at radius 1 is 1.69 bits per heavy atom. The summed E-state index contributed by atoms with van der Waals surface area (Å²) in [5.74, 6) is 0.252. The zero-order valence-corrected chi connectivity index (χ0v) is 8.20. The van der Waals surface area contributed by atoms with Crippen molar-refractivity contribution in [1.82, 2.24) is 4.90 Å². The van der Waals surface area contributed by atoms with Crippen LogP contribution in [0.2, 0.25) is 0 Å². The molecule has 1 rings (SSSR count). The van der Waals surface area contributed by atoms with Crippen LogP contribution in [0.15, 0.2) is 0 Å². The lowest BCUT2D eigenvalue weighted by Gasteiger charge is -2.24. The second kappa shape index (κ2) is 4.58. The molecule has 1 fully saturated rings. The molecule has 2 unspecified atom stereocenters. The van der Waals surface area contributed by atoms with Gasteiger partial charge in [-0.1, -0.05) is 6.92 Å². The van der Waals surface area contributed by atoms with Crippen molar-refractivity contribution in [3.05, 3.63) is 0 Å². The van der Waals surface area contributed by atoms with Crippen molar-refractivity contribution in [3.8, 4) is 0 Å². The fourth-order valence-corrected chi connectivity index (χ4v) is 1.84. The average Bonchev–Trinajstić information content (AvgIpc) is 2.52. The third-order valence-corrected chi connectivity index (χ3v) is 2.64. The number of carbonyl (C=O) groups is 1. The Morgan fingerprint density at radius 2 is 2.38 bits per heavy atom. The van der Waals surface area contributed by atoms with Gasteiger partial charge in [0.15, 0.2) is 0 Å². The number of nitrogens with two attached hydrogens (primary N) is 2. The molecular weight excluding hydrogens is 166 g/mol. The molecule has 0 radical (unpaired) electrons. The van der Waals surface area contributed by atoms with Gasteiger partial charge in [-0.3, -0.25) is 9.69 Å². The van der Waals surface area contributed by atoms with Crippen LogP contribution in [0.4, 0.5) is 0 Å². The normalized spacial score (nSPS) is 26.2. The van der Waals surface area contributed by atoms with Crippen LogP contribution < -0.4 is 11.5 Å². The minimum Gasteiger partial charge on any atom is -0.368 e. The molecule has 2 atom stereocenters. The summed E-state index contributed by atoms with van der Waals surface area (Å²) in [5.41, 5.74) is 10.8. The van der Waals surface area contributed by atoms with Crippen LogP contribution in [0.3, 0.4) is 0 Å². The lowest BCUT2D eigenvalue weighted by Crippen LogP contribution is -2.43. The van der Waals surface area contributed by atoms with E-state index in [1.165, 1.54) is 0 Å². The van der Waals surface area contributed by atoms with E-state index in [-0.39, 0.29) is 11.9 Å². The lowest BCUT2D eigenvalue weighted by molar-refractivity contribution is -0.122. The summed E-state index contributed by atoms with van der Waals surface area (Å²) in [7, 11) is 0. The van der Waals surface area contributed by atoms with Gasteiger partial charge in [-0.2, -0.15) is 0 Å². The Labute approximate surface area is 79.3 Å². The Kier molecular flexibility index (Phi) is 3.69. The third-order valence-electron chi connectivity index (χ3n) is 2.64. The quantitative estimate of drug-likeness (QED) is 0.622. The van der Waals surface area contributed by atoms with E-state index in [0.29, 0.717) is 12.5 Å². The predicted octanol–water partition coefficient (Wildman–Crippen LogP) is -0.469. The van der Waals surface area contributed by atoms with Crippen molar-refractivity contribution in [1.29, 1.82) is 0 Å². The van der Waals surface area contributed by atoms with Gasteiger partial charge in [-0.15, -0.1) is 0 Å². The maximum atomic E-state index is 11.0. The van der Waals surface area contributed by atoms with Gasteiger partial charge < -0.3 is 11.5 Å². The molecular formula is C9H19N3O. The van der Waals surface area contributed by atoms with Crippen molar-refractivity contribution >= 4 is 5.91 Å². The van der Waals surface area contributed by atoms with Crippen molar-refractivity contribution in [2.24, 2.45) is 17.4 Å². The van der Waals surface area contributed by atoms with Crippen molar-refractivity contribution in [3.63, 3.8) is 0 Å². The van der Waals surface area contributed by atoms with Gasteiger partial charge >= 0.3 is 0 Å². The summed E-state index contributed by atoms with van der Waals surface area (Å²) in [6.45, 7) is 4.64. The molecule has 0 aromatic heterocycles. The monoisotopic (exact) mass is 185 g/mol. The molecule has 0 spiro atoms. The molecule has 4 N–H and O–H groups in total. The average molecular weight is 185 g/mol. The van der Waals surface area contributed by atoms with Gasteiger partial charge in [0.2, 0.25) is 5.91 Å². The number of nitrogens with zero attached hydrogens (tertiary/aromatic N) is 1. The lowest BCUT2D eigenvalue weighted by atomic mass is 10.1. The van der Waals surface area contributed by atoms with Crippen molar-refractivity contribution in [2.45, 2.75) is 25.8 Å². The number of hydrogen-bond acceptors (Lipinski definition) is 3. The van der Waals surface area contributed by atoms with Gasteiger partial charge in [-0.25, -0.2) is 0 Å². The Hall–Kier alpha value is -0.610. The largest absolute Gasteiger partial charge is 0.368 e. The molecule has 4 nitrogen and oxygen atoms in total. The second-order valence-electron chi connectivity index (χ2n) is 3.90. The van der Waals surface area contributed by atoms with E-state index in [9.17, 15) is 4.79 Å². The van der Waals surface area contributed by atoms with Crippen molar-refractivity contribution < 1.29 is 4.79 Å². The van der Waals surface area contributed by atoms with Crippen LogP contribution in [0, 0.1) is 5.92 Å². The minimum atomic E-state index is -0.193. The van der Waals surface area contributed by atoms with E-state index in [1.54, 1.807) is 0 Å². The highest BCUT2D eigenvalue weighted by atomic mass is 16.1. The number of hydrogen-bond donors (Lipinski definition) is 2. The van der Waals surface area contributed by atoms with Crippen LogP contribution >= 0.6 is 0 Å². The summed E-state index contributed by atoms with van der Waals surface area (Å²) < 4.78 is 0. The van der Waals surface area contributed by atoms with E-state index in [1.807, 2.05) is 0 Å². The van der Waals surface area contributed by atoms with Crippen LogP contribution in [-0.2, 0) is 4.79 Å². The number of amides is 1. The molecule has 0 bridgehead atoms. The number of primary amides is 1. The number of rotatable bonds is 4. The van der Waals surface area contributed by atoms with Gasteiger partial charge in [0.25, 0.3) is 0 Å². The van der Waals surface area contributed by atoms with E-state index < -0.39 is 0 Å². The molecule has 4 heteroatoms. The Morgan fingerprint density at radius 3 is 2.92 bits per heavy atom. The van der Waals surface area contributed by atoms with Crippen LogP contribution in [0.25, 0.3) is 0 Å². The van der Waals surface area contributed by atoms with E-state index in [2.05, 4.69) is 11.8 Å². The van der Waals surface area contributed by atoms with Crippen LogP contribution in [0.5, 0.6) is 0 Å². The zero-order valence-electron chi connectivity index (χ0n) is 8.20. The standard InChI is InChI=1S/C9H19N3O/c1-7(5-10)6-12-4-2-3-8(12)9(11)13/h7-8H,2-6,10H2,1H3,(H2,11,13). The predicted molar refractivity (Wildman–Crippen MR) is 52.0 cm³/mol. The van der Waals surface area contributed by atoms with E-state index >= 15 is 0 Å². The first kappa shape index (κ1) is 10.5.